The number of urea groups is 1. The van der Waals surface area contributed by atoms with E-state index < -0.39 is 6.09 Å². The maximum atomic E-state index is 12.3. The molecule has 2 atom stereocenters. The number of carbonyl (C=O) groups excluding carboxylic acids is 2. The number of nitrogens with one attached hydrogen (secondary N) is 2. The van der Waals surface area contributed by atoms with Gasteiger partial charge in [-0.1, -0.05) is 12.1 Å². The largest absolute Gasteiger partial charge is 0.449 e. The molecule has 2 fully saturated rings. The Bertz CT molecular complexity index is 560. The van der Waals surface area contributed by atoms with Crippen LogP contribution in [0, 0.1) is 5.92 Å². The molecule has 0 radical (unpaired) electrons. The summed E-state index contributed by atoms with van der Waals surface area (Å²) in [7, 11) is 0. The van der Waals surface area contributed by atoms with Crippen molar-refractivity contribution in [2.24, 2.45) is 11.7 Å². The van der Waals surface area contributed by atoms with Crippen molar-refractivity contribution in [2.45, 2.75) is 19.0 Å². The number of hydrogen-bond donors (Lipinski definition) is 3. The van der Waals surface area contributed by atoms with Gasteiger partial charge in [-0.05, 0) is 24.1 Å². The second-order valence-electron chi connectivity index (χ2n) is 5.68. The van der Waals surface area contributed by atoms with Crippen molar-refractivity contribution >= 4 is 17.8 Å². The van der Waals surface area contributed by atoms with E-state index in [0.29, 0.717) is 26.2 Å². The summed E-state index contributed by atoms with van der Waals surface area (Å²) >= 11 is 0. The molecule has 3 rings (SSSR count). The molecule has 3 amide bonds. The molecule has 0 aromatic heterocycles. The minimum absolute atomic E-state index is 0.0274. The summed E-state index contributed by atoms with van der Waals surface area (Å²) in [6.45, 7) is 2.08. The molecule has 0 aliphatic carbocycles. The van der Waals surface area contributed by atoms with Crippen molar-refractivity contribution in [3.63, 3.8) is 0 Å². The third kappa shape index (κ3) is 3.14. The lowest BCUT2D eigenvalue weighted by Gasteiger charge is -2.40. The Kier molecular flexibility index (Phi) is 4.15. The Labute approximate surface area is 128 Å². The highest BCUT2D eigenvalue weighted by Crippen LogP contribution is 2.22. The average molecular weight is 304 g/mol. The zero-order chi connectivity index (χ0) is 15.5. The van der Waals surface area contributed by atoms with Crippen LogP contribution in [0.15, 0.2) is 24.3 Å². The SMILES string of the molecule is NCc1ccc(NC(=O)N2CC[C@@H]3COC(=O)N[C@H]3C2)cc1. The molecule has 1 aromatic rings. The van der Waals surface area contributed by atoms with Gasteiger partial charge in [0, 0.05) is 31.2 Å². The molecule has 2 heterocycles. The van der Waals surface area contributed by atoms with E-state index in [-0.39, 0.29) is 18.0 Å². The van der Waals surface area contributed by atoms with Crippen LogP contribution in [0.4, 0.5) is 15.3 Å². The highest BCUT2D eigenvalue weighted by atomic mass is 16.6. The van der Waals surface area contributed by atoms with Crippen LogP contribution >= 0.6 is 0 Å². The maximum absolute atomic E-state index is 12.3. The van der Waals surface area contributed by atoms with Crippen molar-refractivity contribution in [1.82, 2.24) is 10.2 Å². The molecule has 4 N–H and O–H groups in total. The molecule has 118 valence electrons. The molecule has 0 bridgehead atoms. The summed E-state index contributed by atoms with van der Waals surface area (Å²) < 4.78 is 4.98. The summed E-state index contributed by atoms with van der Waals surface area (Å²) in [6.07, 6.45) is 0.422. The molecule has 0 saturated carbocycles. The fraction of sp³-hybridized carbons (Fsp3) is 0.467. The number of hydrogen-bond acceptors (Lipinski definition) is 4. The summed E-state index contributed by atoms with van der Waals surface area (Å²) in [4.78, 5) is 25.3. The quantitative estimate of drug-likeness (QED) is 0.762. The van der Waals surface area contributed by atoms with Crippen LogP contribution in [0.25, 0.3) is 0 Å². The summed E-state index contributed by atoms with van der Waals surface area (Å²) in [5.74, 6) is 0.283. The number of benzene rings is 1. The predicted molar refractivity (Wildman–Crippen MR) is 81.3 cm³/mol. The molecule has 7 heteroatoms. The monoisotopic (exact) mass is 304 g/mol. The Balaban J connectivity index is 1.59. The summed E-state index contributed by atoms with van der Waals surface area (Å²) in [5.41, 5.74) is 7.31. The van der Waals surface area contributed by atoms with E-state index in [2.05, 4.69) is 10.6 Å². The fourth-order valence-electron chi connectivity index (χ4n) is 2.85. The zero-order valence-corrected chi connectivity index (χ0v) is 12.2. The van der Waals surface area contributed by atoms with Crippen LogP contribution in [0.1, 0.15) is 12.0 Å². The van der Waals surface area contributed by atoms with Gasteiger partial charge in [0.2, 0.25) is 0 Å². The standard InChI is InChI=1S/C15H20N4O3/c16-7-10-1-3-12(4-2-10)17-14(20)19-6-5-11-9-22-15(21)18-13(11)8-19/h1-4,11,13H,5-9,16H2,(H,17,20)(H,18,21)/t11-,13+/m1/s1. The number of nitrogens with zero attached hydrogens (tertiary/aromatic N) is 1. The number of fused-ring (bicyclic) bond motifs is 1. The lowest BCUT2D eigenvalue weighted by molar-refractivity contribution is 0.0493. The first-order chi connectivity index (χ1) is 10.7. The number of alkyl carbamates (subject to hydrolysis) is 1. The van der Waals surface area contributed by atoms with Gasteiger partial charge in [0.05, 0.1) is 12.6 Å². The number of amides is 3. The van der Waals surface area contributed by atoms with Crippen LogP contribution in [0.2, 0.25) is 0 Å². The van der Waals surface area contributed by atoms with E-state index in [0.717, 1.165) is 17.7 Å². The smallest absolute Gasteiger partial charge is 0.407 e. The first-order valence-electron chi connectivity index (χ1n) is 7.44. The van der Waals surface area contributed by atoms with Crippen LogP contribution in [-0.4, -0.2) is 42.8 Å². The van der Waals surface area contributed by atoms with E-state index in [1.807, 2.05) is 24.3 Å². The van der Waals surface area contributed by atoms with Gasteiger partial charge < -0.3 is 26.0 Å². The minimum atomic E-state index is -0.402. The van der Waals surface area contributed by atoms with E-state index in [1.165, 1.54) is 0 Å². The minimum Gasteiger partial charge on any atom is -0.449 e. The number of carbonyl (C=O) groups is 2. The van der Waals surface area contributed by atoms with Gasteiger partial charge in [0.15, 0.2) is 0 Å². The Morgan fingerprint density at radius 1 is 1.41 bits per heavy atom. The molecule has 2 aliphatic rings. The highest BCUT2D eigenvalue weighted by Gasteiger charge is 2.36. The highest BCUT2D eigenvalue weighted by molar-refractivity contribution is 5.89. The van der Waals surface area contributed by atoms with E-state index in [1.54, 1.807) is 4.90 Å². The van der Waals surface area contributed by atoms with Crippen molar-refractivity contribution in [3.05, 3.63) is 29.8 Å². The summed E-state index contributed by atoms with van der Waals surface area (Å²) in [5, 5.41) is 5.66. The van der Waals surface area contributed by atoms with Crippen molar-refractivity contribution < 1.29 is 14.3 Å². The predicted octanol–water partition coefficient (Wildman–Crippen LogP) is 1.11. The van der Waals surface area contributed by atoms with Crippen LogP contribution < -0.4 is 16.4 Å². The van der Waals surface area contributed by atoms with Gasteiger partial charge in [-0.15, -0.1) is 0 Å². The van der Waals surface area contributed by atoms with Gasteiger partial charge >= 0.3 is 12.1 Å². The number of ether oxygens (including phenoxy) is 1. The number of rotatable bonds is 2. The van der Waals surface area contributed by atoms with E-state index in [4.69, 9.17) is 10.5 Å². The van der Waals surface area contributed by atoms with Crippen molar-refractivity contribution in [3.8, 4) is 0 Å². The Morgan fingerprint density at radius 2 is 2.18 bits per heavy atom. The molecule has 7 nitrogen and oxygen atoms in total. The zero-order valence-electron chi connectivity index (χ0n) is 12.2. The Morgan fingerprint density at radius 3 is 2.91 bits per heavy atom. The topological polar surface area (TPSA) is 96.7 Å². The number of piperidine rings is 1. The van der Waals surface area contributed by atoms with Gasteiger partial charge in [-0.3, -0.25) is 0 Å². The first kappa shape index (κ1) is 14.6. The second-order valence-corrected chi connectivity index (χ2v) is 5.68. The fourth-order valence-corrected chi connectivity index (χ4v) is 2.85. The second kappa shape index (κ2) is 6.23. The third-order valence-electron chi connectivity index (χ3n) is 4.22. The van der Waals surface area contributed by atoms with Gasteiger partial charge in [-0.25, -0.2) is 9.59 Å². The summed E-state index contributed by atoms with van der Waals surface area (Å²) in [6, 6.07) is 7.27. The molecular formula is C15H20N4O3. The molecule has 22 heavy (non-hydrogen) atoms. The van der Waals surface area contributed by atoms with Gasteiger partial charge in [0.1, 0.15) is 0 Å². The molecule has 0 unspecified atom stereocenters. The van der Waals surface area contributed by atoms with Crippen molar-refractivity contribution in [1.29, 1.82) is 0 Å². The van der Waals surface area contributed by atoms with Crippen LogP contribution in [0.5, 0.6) is 0 Å². The van der Waals surface area contributed by atoms with E-state index in [9.17, 15) is 9.59 Å². The van der Waals surface area contributed by atoms with Crippen LogP contribution in [-0.2, 0) is 11.3 Å². The van der Waals surface area contributed by atoms with Crippen LogP contribution in [0.3, 0.4) is 0 Å². The Hall–Kier alpha value is -2.28. The third-order valence-corrected chi connectivity index (χ3v) is 4.22. The van der Waals surface area contributed by atoms with Gasteiger partial charge in [0.25, 0.3) is 0 Å². The number of nitrogens with two attached hydrogens (primary N) is 1. The normalized spacial score (nSPS) is 24.0. The number of cyclic esters (lactones) is 1. The van der Waals surface area contributed by atoms with E-state index >= 15 is 0 Å². The average Bonchev–Trinajstić information content (AvgIpc) is 2.54. The molecule has 2 saturated heterocycles. The molecule has 1 aromatic carbocycles. The number of anilines is 1. The molecule has 2 aliphatic heterocycles. The molecular weight excluding hydrogens is 284 g/mol. The molecule has 0 spiro atoms. The lowest BCUT2D eigenvalue weighted by atomic mass is 9.92. The maximum Gasteiger partial charge on any atom is 0.407 e. The van der Waals surface area contributed by atoms with Crippen molar-refractivity contribution in [2.75, 3.05) is 25.0 Å². The number of likely N-dealkylation sites (tertiary alicyclic amines) is 1. The first-order valence-corrected chi connectivity index (χ1v) is 7.44. The lowest BCUT2D eigenvalue weighted by Crippen LogP contribution is -2.58. The van der Waals surface area contributed by atoms with Gasteiger partial charge in [-0.2, -0.15) is 0 Å².